The second-order valence-corrected chi connectivity index (χ2v) is 7.31. The molecule has 0 radical (unpaired) electrons. The van der Waals surface area contributed by atoms with Gasteiger partial charge in [-0.25, -0.2) is 4.79 Å². The second-order valence-electron chi connectivity index (χ2n) is 6.39. The number of Topliss-reactive ketones (excluding diaryl/α,β-unsaturated/α-hetero) is 2. The van der Waals surface area contributed by atoms with Crippen molar-refractivity contribution < 1.29 is 29.3 Å². The molecule has 2 N–H and O–H groups in total. The number of rotatable bonds is 3. The topological polar surface area (TPSA) is 101 Å². The Bertz CT molecular complexity index is 1110. The van der Waals surface area contributed by atoms with Crippen LogP contribution < -0.4 is 0 Å². The van der Waals surface area contributed by atoms with E-state index in [1.165, 1.54) is 12.1 Å². The van der Waals surface area contributed by atoms with Crippen LogP contribution in [0.2, 0.25) is 0 Å². The van der Waals surface area contributed by atoms with Gasteiger partial charge in [-0.2, -0.15) is 0 Å². The van der Waals surface area contributed by atoms with Crippen LogP contribution in [0.5, 0.6) is 0 Å². The van der Waals surface area contributed by atoms with Crippen molar-refractivity contribution in [3.05, 3.63) is 86.6 Å². The van der Waals surface area contributed by atoms with Gasteiger partial charge in [-0.05, 0) is 17.7 Å². The fraction of sp³-hybridized carbons (Fsp3) is 0.0952. The van der Waals surface area contributed by atoms with Gasteiger partial charge in [0.05, 0.1) is 17.1 Å². The zero-order valence-electron chi connectivity index (χ0n) is 14.3. The van der Waals surface area contributed by atoms with E-state index in [1.54, 1.807) is 36.4 Å². The molecular formula is C21H13BrO6. The molecule has 4 rings (SSSR count). The normalized spacial score (nSPS) is 17.7. The molecule has 2 aromatic carbocycles. The Morgan fingerprint density at radius 2 is 1.61 bits per heavy atom. The van der Waals surface area contributed by atoms with E-state index >= 15 is 0 Å². The van der Waals surface area contributed by atoms with Crippen molar-refractivity contribution in [2.24, 2.45) is 0 Å². The van der Waals surface area contributed by atoms with E-state index in [4.69, 9.17) is 4.74 Å². The number of hydrogen-bond donors (Lipinski definition) is 2. The standard InChI is InChI=1S/C21H13BrO6/c22-11-5-3-4-10(8-11)15(16-14(23)9-28-21(16)27)17-18(24)12-6-1-2-7-13(12)19(25)20(17)26/h1-8,15,23-24H,9H2. The van der Waals surface area contributed by atoms with Crippen LogP contribution in [0.4, 0.5) is 0 Å². The third-order valence-electron chi connectivity index (χ3n) is 4.76. The highest BCUT2D eigenvalue weighted by atomic mass is 79.9. The van der Waals surface area contributed by atoms with E-state index in [2.05, 4.69) is 15.9 Å². The van der Waals surface area contributed by atoms with Gasteiger partial charge in [0.25, 0.3) is 0 Å². The SMILES string of the molecule is O=C1OCC(O)=C1C(C1=C(O)c2ccccc2C(=O)C1=O)c1cccc(Br)c1. The van der Waals surface area contributed by atoms with E-state index in [1.807, 2.05) is 0 Å². The fourth-order valence-corrected chi connectivity index (χ4v) is 3.93. The molecule has 0 saturated heterocycles. The number of aliphatic hydroxyl groups excluding tert-OH is 2. The summed E-state index contributed by atoms with van der Waals surface area (Å²) in [4.78, 5) is 37.9. The third kappa shape index (κ3) is 2.75. The number of cyclic esters (lactones) is 1. The molecule has 0 saturated carbocycles. The van der Waals surface area contributed by atoms with Crippen molar-refractivity contribution in [3.8, 4) is 0 Å². The van der Waals surface area contributed by atoms with Gasteiger partial charge in [0, 0.05) is 15.6 Å². The van der Waals surface area contributed by atoms with E-state index in [-0.39, 0.29) is 34.6 Å². The van der Waals surface area contributed by atoms with Crippen LogP contribution in [0.25, 0.3) is 5.76 Å². The number of allylic oxidation sites excluding steroid dienone is 1. The highest BCUT2D eigenvalue weighted by Crippen LogP contribution is 2.43. The molecule has 1 heterocycles. The van der Waals surface area contributed by atoms with Crippen molar-refractivity contribution in [2.45, 2.75) is 5.92 Å². The molecule has 2 aromatic rings. The Labute approximate surface area is 167 Å². The Morgan fingerprint density at radius 3 is 2.25 bits per heavy atom. The number of ether oxygens (including phenoxy) is 1. The van der Waals surface area contributed by atoms with Gasteiger partial charge in [0.2, 0.25) is 11.6 Å². The first-order chi connectivity index (χ1) is 13.4. The Kier molecular flexibility index (Phi) is 4.39. The van der Waals surface area contributed by atoms with Gasteiger partial charge in [-0.15, -0.1) is 0 Å². The zero-order valence-corrected chi connectivity index (χ0v) is 15.9. The van der Waals surface area contributed by atoms with Crippen molar-refractivity contribution >= 4 is 39.2 Å². The van der Waals surface area contributed by atoms with Crippen molar-refractivity contribution in [1.29, 1.82) is 0 Å². The number of aliphatic hydroxyl groups is 2. The highest BCUT2D eigenvalue weighted by Gasteiger charge is 2.43. The lowest BCUT2D eigenvalue weighted by atomic mass is 9.76. The number of ketones is 2. The summed E-state index contributed by atoms with van der Waals surface area (Å²) >= 11 is 3.34. The van der Waals surface area contributed by atoms with Crippen LogP contribution in [0.3, 0.4) is 0 Å². The van der Waals surface area contributed by atoms with Crippen LogP contribution in [0.1, 0.15) is 27.4 Å². The van der Waals surface area contributed by atoms with Crippen molar-refractivity contribution in [3.63, 3.8) is 0 Å². The molecule has 6 nitrogen and oxygen atoms in total. The quantitative estimate of drug-likeness (QED) is 0.558. The molecule has 140 valence electrons. The average molecular weight is 441 g/mol. The number of carbonyl (C=O) groups is 3. The minimum absolute atomic E-state index is 0.0916. The highest BCUT2D eigenvalue weighted by molar-refractivity contribution is 9.10. The van der Waals surface area contributed by atoms with Gasteiger partial charge < -0.3 is 14.9 Å². The van der Waals surface area contributed by atoms with Crippen LogP contribution in [0, 0.1) is 0 Å². The van der Waals surface area contributed by atoms with E-state index in [0.29, 0.717) is 10.0 Å². The third-order valence-corrected chi connectivity index (χ3v) is 5.26. The maximum absolute atomic E-state index is 12.9. The molecule has 1 atom stereocenters. The van der Waals surface area contributed by atoms with Crippen molar-refractivity contribution in [2.75, 3.05) is 6.61 Å². The maximum Gasteiger partial charge on any atom is 0.338 e. The molecule has 2 aliphatic rings. The smallest absolute Gasteiger partial charge is 0.338 e. The summed E-state index contributed by atoms with van der Waals surface area (Å²) in [7, 11) is 0. The number of esters is 1. The first kappa shape index (κ1) is 18.2. The number of benzene rings is 2. The van der Waals surface area contributed by atoms with E-state index in [0.717, 1.165) is 0 Å². The number of halogens is 1. The summed E-state index contributed by atoms with van der Waals surface area (Å²) < 4.78 is 5.56. The van der Waals surface area contributed by atoms with Crippen molar-refractivity contribution in [1.82, 2.24) is 0 Å². The number of hydrogen-bond acceptors (Lipinski definition) is 6. The summed E-state index contributed by atoms with van der Waals surface area (Å²) in [5.74, 6) is -4.41. The van der Waals surface area contributed by atoms with E-state index in [9.17, 15) is 24.6 Å². The lowest BCUT2D eigenvalue weighted by molar-refractivity contribution is -0.136. The van der Waals surface area contributed by atoms with Crippen LogP contribution in [0.15, 0.2) is 69.9 Å². The molecule has 0 amide bonds. The first-order valence-electron chi connectivity index (χ1n) is 8.36. The molecule has 1 unspecified atom stereocenters. The Balaban J connectivity index is 2.02. The summed E-state index contributed by atoms with van der Waals surface area (Å²) in [5, 5.41) is 21.1. The minimum atomic E-state index is -1.16. The second kappa shape index (κ2) is 6.76. The van der Waals surface area contributed by atoms with E-state index < -0.39 is 29.2 Å². The van der Waals surface area contributed by atoms with Crippen LogP contribution in [-0.4, -0.2) is 34.4 Å². The lowest BCUT2D eigenvalue weighted by Crippen LogP contribution is -2.29. The Morgan fingerprint density at radius 1 is 0.893 bits per heavy atom. The summed E-state index contributed by atoms with van der Waals surface area (Å²) in [6.45, 7) is -0.328. The number of carbonyl (C=O) groups excluding carboxylic acids is 3. The molecule has 7 heteroatoms. The summed E-state index contributed by atoms with van der Waals surface area (Å²) in [6.07, 6.45) is 0. The largest absolute Gasteiger partial charge is 0.508 e. The van der Waals surface area contributed by atoms with Gasteiger partial charge in [0.15, 0.2) is 0 Å². The molecule has 1 aliphatic carbocycles. The summed E-state index contributed by atoms with van der Waals surface area (Å²) in [5.41, 5.74) is 0.307. The Hall–Kier alpha value is -3.19. The molecule has 0 spiro atoms. The predicted molar refractivity (Wildman–Crippen MR) is 103 cm³/mol. The fourth-order valence-electron chi connectivity index (χ4n) is 3.51. The molecular weight excluding hydrogens is 428 g/mol. The van der Waals surface area contributed by atoms with Gasteiger partial charge in [-0.3, -0.25) is 9.59 Å². The molecule has 1 aliphatic heterocycles. The summed E-state index contributed by atoms with van der Waals surface area (Å²) in [6, 6.07) is 12.9. The maximum atomic E-state index is 12.9. The van der Waals surface area contributed by atoms with Crippen LogP contribution >= 0.6 is 15.9 Å². The van der Waals surface area contributed by atoms with Gasteiger partial charge in [-0.1, -0.05) is 52.3 Å². The molecule has 28 heavy (non-hydrogen) atoms. The molecule has 0 bridgehead atoms. The minimum Gasteiger partial charge on any atom is -0.508 e. The molecule has 0 aromatic heterocycles. The van der Waals surface area contributed by atoms with Crippen LogP contribution in [-0.2, 0) is 14.3 Å². The lowest BCUT2D eigenvalue weighted by Gasteiger charge is -2.25. The van der Waals surface area contributed by atoms with Gasteiger partial charge in [0.1, 0.15) is 18.1 Å². The monoisotopic (exact) mass is 440 g/mol. The predicted octanol–water partition coefficient (Wildman–Crippen LogP) is 3.64. The average Bonchev–Trinajstić information content (AvgIpc) is 3.01. The first-order valence-corrected chi connectivity index (χ1v) is 9.15. The zero-order chi connectivity index (χ0) is 20.0. The van der Waals surface area contributed by atoms with Gasteiger partial charge >= 0.3 is 5.97 Å². The molecule has 0 fully saturated rings. The number of fused-ring (bicyclic) bond motifs is 1.